The predicted octanol–water partition coefficient (Wildman–Crippen LogP) is 2.67. The van der Waals surface area contributed by atoms with Crippen LogP contribution < -0.4 is 5.32 Å². The minimum absolute atomic E-state index is 0.363. The van der Waals surface area contributed by atoms with Gasteiger partial charge in [0.05, 0.1) is 0 Å². The summed E-state index contributed by atoms with van der Waals surface area (Å²) in [7, 11) is 0. The van der Waals surface area contributed by atoms with E-state index in [1.807, 2.05) is 12.1 Å². The highest BCUT2D eigenvalue weighted by atomic mass is 16.3. The maximum atomic E-state index is 9.62. The number of benzene rings is 2. The minimum atomic E-state index is 0.363. The van der Waals surface area contributed by atoms with E-state index < -0.39 is 0 Å². The molecule has 0 saturated heterocycles. The Morgan fingerprint density at radius 3 is 2.72 bits per heavy atom. The molecule has 1 atom stereocenters. The molecule has 1 aliphatic heterocycles. The molecule has 2 N–H and O–H groups in total. The molecule has 2 aromatic carbocycles. The quantitative estimate of drug-likeness (QED) is 0.802. The summed E-state index contributed by atoms with van der Waals surface area (Å²) in [6.45, 7) is 1.93. The fraction of sp³-hybridized carbons (Fsp3) is 0.250. The Morgan fingerprint density at radius 2 is 1.89 bits per heavy atom. The number of hydrogen-bond acceptors (Lipinski definition) is 2. The lowest BCUT2D eigenvalue weighted by Gasteiger charge is -2.18. The molecule has 2 nitrogen and oxygen atoms in total. The molecule has 0 aliphatic carbocycles. The van der Waals surface area contributed by atoms with Crippen LogP contribution in [-0.4, -0.2) is 18.2 Å². The Hall–Kier alpha value is -1.80. The van der Waals surface area contributed by atoms with E-state index in [9.17, 15) is 5.11 Å². The first-order valence-electron chi connectivity index (χ1n) is 6.42. The number of fused-ring (bicyclic) bond motifs is 1. The van der Waals surface area contributed by atoms with Crippen LogP contribution in [0, 0.1) is 0 Å². The van der Waals surface area contributed by atoms with Crippen molar-refractivity contribution in [3.05, 3.63) is 65.2 Å². The van der Waals surface area contributed by atoms with E-state index in [0.29, 0.717) is 11.7 Å². The number of nitrogens with one attached hydrogen (secondary N) is 1. The number of aromatic hydroxyl groups is 1. The summed E-state index contributed by atoms with van der Waals surface area (Å²) in [5.74, 6) is 0.742. The Morgan fingerprint density at radius 1 is 1.06 bits per heavy atom. The minimum Gasteiger partial charge on any atom is -0.508 e. The molecule has 1 heterocycles. The van der Waals surface area contributed by atoms with Crippen molar-refractivity contribution >= 4 is 0 Å². The average molecular weight is 239 g/mol. The molecule has 18 heavy (non-hydrogen) atoms. The van der Waals surface area contributed by atoms with Crippen molar-refractivity contribution < 1.29 is 5.11 Å². The molecule has 0 fully saturated rings. The fourth-order valence-corrected chi connectivity index (χ4v) is 2.71. The molecule has 1 unspecified atom stereocenters. The third kappa shape index (κ3) is 2.12. The van der Waals surface area contributed by atoms with Gasteiger partial charge in [0.2, 0.25) is 0 Å². The first-order chi connectivity index (χ1) is 8.84. The van der Waals surface area contributed by atoms with Crippen molar-refractivity contribution in [1.29, 1.82) is 0 Å². The second-order valence-corrected chi connectivity index (χ2v) is 4.80. The fourth-order valence-electron chi connectivity index (χ4n) is 2.71. The largest absolute Gasteiger partial charge is 0.508 e. The van der Waals surface area contributed by atoms with E-state index in [0.717, 1.165) is 19.5 Å². The van der Waals surface area contributed by atoms with Gasteiger partial charge in [0, 0.05) is 12.5 Å². The lowest BCUT2D eigenvalue weighted by molar-refractivity contribution is 0.474. The van der Waals surface area contributed by atoms with Gasteiger partial charge in [-0.1, -0.05) is 36.4 Å². The van der Waals surface area contributed by atoms with Crippen LogP contribution in [0.4, 0.5) is 0 Å². The Kier molecular flexibility index (Phi) is 3.03. The van der Waals surface area contributed by atoms with E-state index in [1.54, 1.807) is 6.07 Å². The topological polar surface area (TPSA) is 32.3 Å². The Bertz CT molecular complexity index is 536. The van der Waals surface area contributed by atoms with Crippen LogP contribution in [0.25, 0.3) is 0 Å². The van der Waals surface area contributed by atoms with Gasteiger partial charge in [0.25, 0.3) is 0 Å². The third-order valence-electron chi connectivity index (χ3n) is 3.62. The average Bonchev–Trinajstić information content (AvgIpc) is 2.61. The van der Waals surface area contributed by atoms with Gasteiger partial charge in [-0.3, -0.25) is 0 Å². The van der Waals surface area contributed by atoms with E-state index >= 15 is 0 Å². The third-order valence-corrected chi connectivity index (χ3v) is 3.62. The summed E-state index contributed by atoms with van der Waals surface area (Å²) < 4.78 is 0. The zero-order chi connectivity index (χ0) is 12.4. The molecule has 2 heteroatoms. The van der Waals surface area contributed by atoms with E-state index in [4.69, 9.17) is 0 Å². The molecule has 1 aliphatic rings. The van der Waals surface area contributed by atoms with Crippen LogP contribution in [0.1, 0.15) is 22.6 Å². The maximum Gasteiger partial charge on any atom is 0.115 e. The normalized spacial score (nSPS) is 19.0. The molecule has 92 valence electrons. The molecule has 2 aromatic rings. The van der Waals surface area contributed by atoms with Gasteiger partial charge >= 0.3 is 0 Å². The van der Waals surface area contributed by atoms with Crippen LogP contribution in [0.15, 0.2) is 48.5 Å². The van der Waals surface area contributed by atoms with Crippen LogP contribution in [0.3, 0.4) is 0 Å². The van der Waals surface area contributed by atoms with Gasteiger partial charge in [-0.15, -0.1) is 0 Å². The molecule has 3 rings (SSSR count). The molecule has 0 amide bonds. The van der Waals surface area contributed by atoms with E-state index in [2.05, 4.69) is 35.6 Å². The van der Waals surface area contributed by atoms with Gasteiger partial charge in [0.15, 0.2) is 0 Å². The monoisotopic (exact) mass is 239 g/mol. The standard InChI is InChI=1S/C16H17NO/c18-14-6-7-15-13(10-14)8-9-17-11-16(15)12-4-2-1-3-5-12/h1-7,10,16-18H,8-9,11H2. The first-order valence-corrected chi connectivity index (χ1v) is 6.42. The number of phenolic OH excluding ortho intramolecular Hbond substituents is 1. The van der Waals surface area contributed by atoms with Crippen molar-refractivity contribution in [2.24, 2.45) is 0 Å². The summed E-state index contributed by atoms with van der Waals surface area (Å²) in [5.41, 5.74) is 3.93. The molecule has 0 bridgehead atoms. The van der Waals surface area contributed by atoms with Crippen LogP contribution >= 0.6 is 0 Å². The Labute approximate surface area is 107 Å². The van der Waals surface area contributed by atoms with Gasteiger partial charge in [-0.25, -0.2) is 0 Å². The lowest BCUT2D eigenvalue weighted by atomic mass is 9.88. The molecule has 0 aromatic heterocycles. The van der Waals surface area contributed by atoms with Gasteiger partial charge in [-0.05, 0) is 41.8 Å². The molecular weight excluding hydrogens is 222 g/mol. The van der Waals surface area contributed by atoms with Gasteiger partial charge in [-0.2, -0.15) is 0 Å². The number of hydrogen-bond donors (Lipinski definition) is 2. The molecule has 0 spiro atoms. The van der Waals surface area contributed by atoms with Crippen LogP contribution in [0.2, 0.25) is 0 Å². The van der Waals surface area contributed by atoms with Crippen molar-refractivity contribution in [1.82, 2.24) is 5.32 Å². The maximum absolute atomic E-state index is 9.62. The lowest BCUT2D eigenvalue weighted by Crippen LogP contribution is -2.20. The highest BCUT2D eigenvalue weighted by molar-refractivity contribution is 5.43. The summed E-state index contributed by atoms with van der Waals surface area (Å²) in [4.78, 5) is 0. The van der Waals surface area contributed by atoms with Crippen molar-refractivity contribution in [2.75, 3.05) is 13.1 Å². The van der Waals surface area contributed by atoms with E-state index in [1.165, 1.54) is 16.7 Å². The zero-order valence-corrected chi connectivity index (χ0v) is 10.3. The molecule has 0 radical (unpaired) electrons. The zero-order valence-electron chi connectivity index (χ0n) is 10.3. The van der Waals surface area contributed by atoms with Gasteiger partial charge in [0.1, 0.15) is 5.75 Å². The van der Waals surface area contributed by atoms with E-state index in [-0.39, 0.29) is 0 Å². The highest BCUT2D eigenvalue weighted by Gasteiger charge is 2.19. The summed E-state index contributed by atoms with van der Waals surface area (Å²) in [6.07, 6.45) is 0.979. The van der Waals surface area contributed by atoms with Crippen LogP contribution in [0.5, 0.6) is 5.75 Å². The second kappa shape index (κ2) is 4.83. The molecule has 0 saturated carbocycles. The summed E-state index contributed by atoms with van der Waals surface area (Å²) >= 11 is 0. The summed E-state index contributed by atoms with van der Waals surface area (Å²) in [5, 5.41) is 13.1. The smallest absolute Gasteiger partial charge is 0.115 e. The first kappa shape index (κ1) is 11.3. The predicted molar refractivity (Wildman–Crippen MR) is 73.0 cm³/mol. The van der Waals surface area contributed by atoms with Crippen LogP contribution in [-0.2, 0) is 6.42 Å². The SMILES string of the molecule is Oc1ccc2c(c1)CCNCC2c1ccccc1. The number of rotatable bonds is 1. The van der Waals surface area contributed by atoms with Gasteiger partial charge < -0.3 is 10.4 Å². The number of phenols is 1. The highest BCUT2D eigenvalue weighted by Crippen LogP contribution is 2.30. The van der Waals surface area contributed by atoms with Crippen molar-refractivity contribution in [3.63, 3.8) is 0 Å². The van der Waals surface area contributed by atoms with Crippen molar-refractivity contribution in [2.45, 2.75) is 12.3 Å². The second-order valence-electron chi connectivity index (χ2n) is 4.80. The summed E-state index contributed by atoms with van der Waals surface area (Å²) in [6, 6.07) is 16.3. The van der Waals surface area contributed by atoms with Crippen molar-refractivity contribution in [3.8, 4) is 5.75 Å². The Balaban J connectivity index is 2.07. The molecular formula is C16H17NO.